The first kappa shape index (κ1) is 13.7. The van der Waals surface area contributed by atoms with E-state index in [1.54, 1.807) is 6.20 Å². The molecule has 2 heterocycles. The number of amides is 1. The first-order chi connectivity index (χ1) is 9.20. The van der Waals surface area contributed by atoms with Gasteiger partial charge in [0.15, 0.2) is 5.78 Å². The highest BCUT2D eigenvalue weighted by molar-refractivity contribution is 5.98. The molecule has 102 valence electrons. The quantitative estimate of drug-likeness (QED) is 0.797. The Morgan fingerprint density at radius 1 is 1.47 bits per heavy atom. The van der Waals surface area contributed by atoms with Crippen LogP contribution in [0.4, 0.5) is 0 Å². The molecule has 1 N–H and O–H groups in total. The monoisotopic (exact) mass is 260 g/mol. The van der Waals surface area contributed by atoms with Gasteiger partial charge in [-0.1, -0.05) is 13.3 Å². The maximum atomic E-state index is 12.2. The fourth-order valence-electron chi connectivity index (χ4n) is 2.34. The third kappa shape index (κ3) is 3.63. The van der Waals surface area contributed by atoms with Crippen LogP contribution in [-0.2, 0) is 11.2 Å². The Bertz CT molecular complexity index is 471. The maximum absolute atomic E-state index is 12.2. The van der Waals surface area contributed by atoms with Gasteiger partial charge in [-0.05, 0) is 30.9 Å². The summed E-state index contributed by atoms with van der Waals surface area (Å²) >= 11 is 0. The predicted molar refractivity (Wildman–Crippen MR) is 72.9 cm³/mol. The first-order valence-corrected chi connectivity index (χ1v) is 6.95. The molecule has 1 aliphatic heterocycles. The molecule has 0 saturated carbocycles. The molecule has 1 amide bonds. The van der Waals surface area contributed by atoms with E-state index < -0.39 is 0 Å². The molecule has 0 radical (unpaired) electrons. The van der Waals surface area contributed by atoms with Crippen molar-refractivity contribution < 1.29 is 9.59 Å². The van der Waals surface area contributed by atoms with Crippen LogP contribution in [0.5, 0.6) is 0 Å². The molecular weight excluding hydrogens is 240 g/mol. The average Bonchev–Trinajstić information content (AvgIpc) is 2.82. The van der Waals surface area contributed by atoms with Gasteiger partial charge in [-0.2, -0.15) is 0 Å². The fraction of sp³-hybridized carbons (Fsp3) is 0.533. The average molecular weight is 260 g/mol. The van der Waals surface area contributed by atoms with E-state index in [1.807, 2.05) is 12.3 Å². The SMILES string of the molecule is CCCCc1cncc(C(=O)CC2CCNC2=O)c1. The lowest BCUT2D eigenvalue weighted by molar-refractivity contribution is -0.122. The van der Waals surface area contributed by atoms with Gasteiger partial charge in [0, 0.05) is 36.8 Å². The van der Waals surface area contributed by atoms with Crippen LogP contribution in [0.25, 0.3) is 0 Å². The van der Waals surface area contributed by atoms with Gasteiger partial charge in [0.25, 0.3) is 0 Å². The maximum Gasteiger partial charge on any atom is 0.223 e. The topological polar surface area (TPSA) is 59.1 Å². The second kappa shape index (κ2) is 6.45. The van der Waals surface area contributed by atoms with Crippen molar-refractivity contribution in [3.8, 4) is 0 Å². The van der Waals surface area contributed by atoms with Gasteiger partial charge in [0.1, 0.15) is 0 Å². The number of nitrogens with one attached hydrogen (secondary N) is 1. The summed E-state index contributed by atoms with van der Waals surface area (Å²) in [6.07, 6.45) is 7.65. The van der Waals surface area contributed by atoms with Crippen molar-refractivity contribution >= 4 is 11.7 Å². The highest BCUT2D eigenvalue weighted by Gasteiger charge is 2.26. The smallest absolute Gasteiger partial charge is 0.223 e. The molecule has 1 unspecified atom stereocenters. The van der Waals surface area contributed by atoms with E-state index in [0.717, 1.165) is 31.2 Å². The third-order valence-corrected chi connectivity index (χ3v) is 3.53. The van der Waals surface area contributed by atoms with Gasteiger partial charge in [0.05, 0.1) is 0 Å². The molecule has 0 spiro atoms. The Morgan fingerprint density at radius 3 is 3.00 bits per heavy atom. The number of nitrogens with zero attached hydrogens (tertiary/aromatic N) is 1. The second-order valence-corrected chi connectivity index (χ2v) is 5.09. The number of hydrogen-bond donors (Lipinski definition) is 1. The molecule has 2 rings (SSSR count). The van der Waals surface area contributed by atoms with Crippen molar-refractivity contribution in [1.82, 2.24) is 10.3 Å². The molecule has 1 fully saturated rings. The zero-order valence-corrected chi connectivity index (χ0v) is 11.3. The number of carbonyl (C=O) groups excluding carboxylic acids is 2. The summed E-state index contributed by atoms with van der Waals surface area (Å²) in [6.45, 7) is 2.83. The summed E-state index contributed by atoms with van der Waals surface area (Å²) in [5.41, 5.74) is 1.73. The number of carbonyl (C=O) groups is 2. The lowest BCUT2D eigenvalue weighted by Crippen LogP contribution is -2.21. The van der Waals surface area contributed by atoms with E-state index in [-0.39, 0.29) is 17.6 Å². The van der Waals surface area contributed by atoms with E-state index in [2.05, 4.69) is 17.2 Å². The zero-order valence-electron chi connectivity index (χ0n) is 11.3. The summed E-state index contributed by atoms with van der Waals surface area (Å²) in [7, 11) is 0. The van der Waals surface area contributed by atoms with Crippen LogP contribution in [0.3, 0.4) is 0 Å². The Kier molecular flexibility index (Phi) is 4.66. The second-order valence-electron chi connectivity index (χ2n) is 5.09. The standard InChI is InChI=1S/C15H20N2O2/c1-2-3-4-11-7-13(10-16-9-11)14(18)8-12-5-6-17-15(12)19/h7,9-10,12H,2-6,8H2,1H3,(H,17,19). The van der Waals surface area contributed by atoms with Gasteiger partial charge in [0.2, 0.25) is 5.91 Å². The van der Waals surface area contributed by atoms with Crippen molar-refractivity contribution in [2.24, 2.45) is 5.92 Å². The van der Waals surface area contributed by atoms with Gasteiger partial charge >= 0.3 is 0 Å². The molecule has 4 nitrogen and oxygen atoms in total. The lowest BCUT2D eigenvalue weighted by atomic mass is 9.97. The molecule has 0 bridgehead atoms. The molecule has 1 aromatic heterocycles. The molecular formula is C15H20N2O2. The first-order valence-electron chi connectivity index (χ1n) is 6.95. The Balaban J connectivity index is 2.00. The highest BCUT2D eigenvalue weighted by Crippen LogP contribution is 2.17. The van der Waals surface area contributed by atoms with Crippen LogP contribution in [0.15, 0.2) is 18.5 Å². The van der Waals surface area contributed by atoms with E-state index in [9.17, 15) is 9.59 Å². The van der Waals surface area contributed by atoms with Crippen molar-refractivity contribution in [3.63, 3.8) is 0 Å². The molecule has 1 aromatic rings. The van der Waals surface area contributed by atoms with Gasteiger partial charge < -0.3 is 5.32 Å². The van der Waals surface area contributed by atoms with Crippen LogP contribution in [0.1, 0.15) is 48.5 Å². The van der Waals surface area contributed by atoms with Crippen molar-refractivity contribution in [2.75, 3.05) is 6.54 Å². The highest BCUT2D eigenvalue weighted by atomic mass is 16.2. The van der Waals surface area contributed by atoms with E-state index >= 15 is 0 Å². The number of ketones is 1. The normalized spacial score (nSPS) is 18.4. The minimum Gasteiger partial charge on any atom is -0.356 e. The predicted octanol–water partition coefficient (Wildman–Crippen LogP) is 2.13. The number of rotatable bonds is 6. The largest absolute Gasteiger partial charge is 0.356 e. The molecule has 1 aliphatic rings. The van der Waals surface area contributed by atoms with Crippen molar-refractivity contribution in [2.45, 2.75) is 39.0 Å². The van der Waals surface area contributed by atoms with Crippen molar-refractivity contribution in [1.29, 1.82) is 0 Å². The van der Waals surface area contributed by atoms with Crippen molar-refractivity contribution in [3.05, 3.63) is 29.6 Å². The van der Waals surface area contributed by atoms with Gasteiger partial charge in [-0.15, -0.1) is 0 Å². The molecule has 4 heteroatoms. The lowest BCUT2D eigenvalue weighted by Gasteiger charge is -2.07. The van der Waals surface area contributed by atoms with Crippen LogP contribution < -0.4 is 5.32 Å². The minimum absolute atomic E-state index is 0.00319. The van der Waals surface area contributed by atoms with Crippen LogP contribution in [0.2, 0.25) is 0 Å². The fourth-order valence-corrected chi connectivity index (χ4v) is 2.34. The summed E-state index contributed by atoms with van der Waals surface area (Å²) in [5.74, 6) is -0.136. The summed E-state index contributed by atoms with van der Waals surface area (Å²) in [6, 6.07) is 1.91. The number of unbranched alkanes of at least 4 members (excludes halogenated alkanes) is 1. The van der Waals surface area contributed by atoms with Crippen LogP contribution in [0, 0.1) is 5.92 Å². The molecule has 0 aliphatic carbocycles. The summed E-state index contributed by atoms with van der Waals surface area (Å²) in [4.78, 5) is 27.8. The molecule has 1 saturated heterocycles. The molecule has 19 heavy (non-hydrogen) atoms. The van der Waals surface area contributed by atoms with Gasteiger partial charge in [-0.3, -0.25) is 14.6 Å². The van der Waals surface area contributed by atoms with E-state index in [1.165, 1.54) is 0 Å². The zero-order chi connectivity index (χ0) is 13.7. The Hall–Kier alpha value is -1.71. The number of aromatic nitrogens is 1. The molecule has 1 atom stereocenters. The number of pyridine rings is 1. The van der Waals surface area contributed by atoms with Gasteiger partial charge in [-0.25, -0.2) is 0 Å². The number of Topliss-reactive ketones (excluding diaryl/α,β-unsaturated/α-hetero) is 1. The summed E-state index contributed by atoms with van der Waals surface area (Å²) < 4.78 is 0. The Morgan fingerprint density at radius 2 is 2.32 bits per heavy atom. The number of aryl methyl sites for hydroxylation is 1. The van der Waals surface area contributed by atoms with Crippen LogP contribution >= 0.6 is 0 Å². The van der Waals surface area contributed by atoms with Crippen LogP contribution in [-0.4, -0.2) is 23.2 Å². The molecule has 0 aromatic carbocycles. The van der Waals surface area contributed by atoms with E-state index in [0.29, 0.717) is 18.5 Å². The summed E-state index contributed by atoms with van der Waals surface area (Å²) in [5, 5.41) is 2.76. The van der Waals surface area contributed by atoms with E-state index in [4.69, 9.17) is 0 Å². The third-order valence-electron chi connectivity index (χ3n) is 3.53. The Labute approximate surface area is 113 Å². The minimum atomic E-state index is -0.160. The number of hydrogen-bond acceptors (Lipinski definition) is 3.